The molecule has 12 unspecified atom stereocenters. The average Bonchev–Trinajstić information content (AvgIpc) is 1.08. The minimum Gasteiger partial charge on any atom is -0.508 e. The first-order chi connectivity index (χ1) is 50.2. The first-order valence-electron chi connectivity index (χ1n) is 34.7. The van der Waals surface area contributed by atoms with E-state index in [1.165, 1.54) is 81.8 Å². The van der Waals surface area contributed by atoms with Crippen molar-refractivity contribution in [2.24, 2.45) is 67.9 Å². The molecular weight excluding hydrogens is 1400 g/mol. The smallest absolute Gasteiger partial charge is 0.245 e. The number of nitrogens with zero attached hydrogens (tertiary/aromatic N) is 3. The number of nitrogens with two attached hydrogens (primary N) is 7. The van der Waals surface area contributed by atoms with Crippen molar-refractivity contribution in [3.05, 3.63) is 77.9 Å². The van der Waals surface area contributed by atoms with E-state index >= 15 is 0 Å². The number of aromatic nitrogens is 2. The number of carbonyl (C=O) groups excluding carboxylic acids is 14. The van der Waals surface area contributed by atoms with Crippen molar-refractivity contribution in [1.82, 2.24) is 68.5 Å². The van der Waals surface area contributed by atoms with E-state index in [-0.39, 0.29) is 106 Å². The van der Waals surface area contributed by atoms with Crippen molar-refractivity contribution in [3.8, 4) is 11.5 Å². The van der Waals surface area contributed by atoms with Gasteiger partial charge in [0.15, 0.2) is 11.9 Å². The van der Waals surface area contributed by atoms with E-state index < -0.39 is 180 Å². The molecule has 0 aliphatic heterocycles. The second kappa shape index (κ2) is 44.9. The van der Waals surface area contributed by atoms with Gasteiger partial charge in [-0.1, -0.05) is 65.8 Å². The van der Waals surface area contributed by atoms with Gasteiger partial charge in [-0.3, -0.25) is 77.1 Å². The molecule has 1 aromatic heterocycles. The highest BCUT2D eigenvalue weighted by atomic mass is 16.3. The van der Waals surface area contributed by atoms with Gasteiger partial charge in [-0.2, -0.15) is 0 Å². The molecular formula is C68H106N22O17. The van der Waals surface area contributed by atoms with E-state index in [0.29, 0.717) is 16.8 Å². The molecule has 39 nitrogen and oxygen atoms in total. The lowest BCUT2D eigenvalue weighted by molar-refractivity contribution is -0.138. The summed E-state index contributed by atoms with van der Waals surface area (Å²) >= 11 is 0. The summed E-state index contributed by atoms with van der Waals surface area (Å²) in [7, 11) is 0. The van der Waals surface area contributed by atoms with Gasteiger partial charge in [-0.15, -0.1) is 0 Å². The molecule has 0 spiro atoms. The number of rotatable bonds is 47. The van der Waals surface area contributed by atoms with Gasteiger partial charge in [0.2, 0.25) is 82.7 Å². The quantitative estimate of drug-likeness (QED) is 0.0142. The molecule has 14 amide bonds. The Morgan fingerprint density at radius 3 is 1.20 bits per heavy atom. The number of aromatic hydroxyl groups is 2. The average molecular weight is 1500 g/mol. The van der Waals surface area contributed by atoms with Crippen LogP contribution >= 0.6 is 0 Å². The number of phenolic OH excluding ortho intramolecular Hbond substituents is 2. The lowest BCUT2D eigenvalue weighted by Crippen LogP contribution is -2.63. The maximum Gasteiger partial charge on any atom is 0.245 e. The summed E-state index contributed by atoms with van der Waals surface area (Å²) in [5, 5.41) is 58.6. The molecule has 12 atom stereocenters. The van der Waals surface area contributed by atoms with Crippen LogP contribution < -0.4 is 98.6 Å². The Morgan fingerprint density at radius 1 is 0.430 bits per heavy atom. The number of aromatic amines is 1. The highest BCUT2D eigenvalue weighted by Crippen LogP contribution is 2.17. The molecule has 0 radical (unpaired) electrons. The van der Waals surface area contributed by atoms with Gasteiger partial charge < -0.3 is 119 Å². The summed E-state index contributed by atoms with van der Waals surface area (Å²) in [4.78, 5) is 207. The van der Waals surface area contributed by atoms with Crippen molar-refractivity contribution in [2.75, 3.05) is 13.1 Å². The molecule has 29 N–H and O–H groups in total. The normalized spacial score (nSPS) is 14.5. The Kier molecular flexibility index (Phi) is 37.5. The minimum atomic E-state index is -1.91. The number of benzene rings is 2. The van der Waals surface area contributed by atoms with Gasteiger partial charge in [-0.05, 0) is 105 Å². The zero-order valence-corrected chi connectivity index (χ0v) is 61.3. The van der Waals surface area contributed by atoms with Crippen LogP contribution in [-0.2, 0) is 86.4 Å². The van der Waals surface area contributed by atoms with Crippen LogP contribution in [0.3, 0.4) is 0 Å². The summed E-state index contributed by atoms with van der Waals surface area (Å²) < 4.78 is 0. The number of nitrogens with one attached hydrogen (secondary N) is 12. The van der Waals surface area contributed by atoms with Gasteiger partial charge in [0.1, 0.15) is 78.0 Å². The number of amides is 14. The number of H-pyrrole nitrogens is 1. The molecule has 0 saturated heterocycles. The maximum absolute atomic E-state index is 14.5. The van der Waals surface area contributed by atoms with Crippen molar-refractivity contribution in [1.29, 1.82) is 0 Å². The molecule has 0 aliphatic rings. The van der Waals surface area contributed by atoms with Crippen LogP contribution in [0.4, 0.5) is 0 Å². The molecule has 590 valence electrons. The van der Waals surface area contributed by atoms with E-state index in [1.807, 2.05) is 0 Å². The Hall–Kier alpha value is -11.7. The standard InChI is InChI=1S/C68H106N22O17/c1-33(2)25-47(85-61(102)49(28-39-15-19-42(94)20-16-39)87-62(103)50(80-37(8)92)29-40-31-76-32-79-40)60(101)88-51(30-53(70)96)63(104)86-48(26-34(3)4)64(105)89-54(35(5)6)65(106)90-55(36(7)91)66(107)83-44(12-10-24-78-68(74)75)57(98)82-45(21-22-52(69)95)59(100)81-43(11-9-23-77-67(72)73)58(99)84-46(56(71)97)27-38-13-17-41(93)18-14-38/h13-20,31-36,43-51,54-55,91,93-94H,9-12,21-30H2,1-8H3,(H2,69,95)(H2,70,96)(H2,71,97)(H,76,79)(H,80,92)(H,81,100)(H,82,98)(H,83,107)(H,84,99)(H,85,102)(H,86,104)(H,87,103)(H,88,101)(H,89,105)(H,90,106)(H4,72,73,77)(H4,74,75,78). The Morgan fingerprint density at radius 2 is 0.794 bits per heavy atom. The summed E-state index contributed by atoms with van der Waals surface area (Å²) in [5.41, 5.74) is 40.2. The number of aliphatic hydroxyl groups excluding tert-OH is 1. The van der Waals surface area contributed by atoms with Crippen LogP contribution in [0.1, 0.15) is 130 Å². The SMILES string of the molecule is CC(=O)NC(Cc1cnc[nH]1)C(=O)NC(Cc1ccc(O)cc1)C(=O)NC(CC(C)C)C(=O)NC(CC(N)=O)C(=O)NC(CC(C)C)C(=O)NC(C(=O)NC(C(=O)NC(CCCN=C(N)N)C(=O)NC(CCC(N)=O)C(=O)NC(CCCN=C(N)N)C(=O)NC(Cc1ccc(O)cc1)C(N)=O)C(C)O)C(C)C. The van der Waals surface area contributed by atoms with E-state index in [4.69, 9.17) is 40.1 Å². The Bertz CT molecular complexity index is 3570. The molecule has 0 bridgehead atoms. The predicted octanol–water partition coefficient (Wildman–Crippen LogP) is -5.94. The van der Waals surface area contributed by atoms with Crippen molar-refractivity contribution in [2.45, 2.75) is 205 Å². The number of guanidine groups is 2. The topological polar surface area (TPSA) is 668 Å². The second-order valence-corrected chi connectivity index (χ2v) is 27.0. The lowest BCUT2D eigenvalue weighted by Gasteiger charge is -2.30. The highest BCUT2D eigenvalue weighted by Gasteiger charge is 2.39. The first kappa shape index (κ1) is 89.5. The van der Waals surface area contributed by atoms with Crippen LogP contribution in [-0.4, -0.2) is 206 Å². The van der Waals surface area contributed by atoms with E-state index in [2.05, 4.69) is 78.4 Å². The fourth-order valence-corrected chi connectivity index (χ4v) is 10.8. The second-order valence-electron chi connectivity index (χ2n) is 27.0. The van der Waals surface area contributed by atoms with E-state index in [1.54, 1.807) is 27.7 Å². The van der Waals surface area contributed by atoms with Gasteiger partial charge in [0, 0.05) is 57.6 Å². The van der Waals surface area contributed by atoms with Crippen LogP contribution in [0.15, 0.2) is 71.0 Å². The first-order valence-corrected chi connectivity index (χ1v) is 34.7. The fourth-order valence-electron chi connectivity index (χ4n) is 10.8. The molecule has 0 aliphatic carbocycles. The molecule has 107 heavy (non-hydrogen) atoms. The number of hydrogen-bond donors (Lipinski definition) is 22. The minimum absolute atomic E-state index is 0.0309. The van der Waals surface area contributed by atoms with Crippen molar-refractivity contribution >= 4 is 94.6 Å². The molecule has 0 fully saturated rings. The largest absolute Gasteiger partial charge is 0.508 e. The van der Waals surface area contributed by atoms with E-state index in [9.17, 15) is 82.4 Å². The number of primary amides is 3. The lowest BCUT2D eigenvalue weighted by atomic mass is 9.98. The third-order valence-corrected chi connectivity index (χ3v) is 16.2. The number of carbonyl (C=O) groups is 14. The van der Waals surface area contributed by atoms with Gasteiger partial charge in [0.05, 0.1) is 18.9 Å². The molecule has 3 rings (SSSR count). The fraction of sp³-hybridized carbons (Fsp3) is 0.544. The van der Waals surface area contributed by atoms with Crippen LogP contribution in [0, 0.1) is 17.8 Å². The number of aliphatic imine (C=N–C) groups is 2. The monoisotopic (exact) mass is 1500 g/mol. The molecule has 1 heterocycles. The van der Waals surface area contributed by atoms with Gasteiger partial charge in [-0.25, -0.2) is 4.98 Å². The molecule has 0 saturated carbocycles. The number of aliphatic hydroxyl groups is 1. The zero-order chi connectivity index (χ0) is 80.4. The summed E-state index contributed by atoms with van der Waals surface area (Å²) in [6.07, 6.45) is -1.79. The summed E-state index contributed by atoms with van der Waals surface area (Å²) in [5.74, 6) is -15.9. The van der Waals surface area contributed by atoms with E-state index in [0.717, 1.165) is 6.92 Å². The van der Waals surface area contributed by atoms with Gasteiger partial charge >= 0.3 is 0 Å². The zero-order valence-electron chi connectivity index (χ0n) is 61.3. The molecule has 2 aromatic carbocycles. The third-order valence-electron chi connectivity index (χ3n) is 16.2. The number of hydrogen-bond acceptors (Lipinski definition) is 20. The van der Waals surface area contributed by atoms with Gasteiger partial charge in [0.25, 0.3) is 0 Å². The van der Waals surface area contributed by atoms with Crippen LogP contribution in [0.25, 0.3) is 0 Å². The van der Waals surface area contributed by atoms with Crippen LogP contribution in [0.2, 0.25) is 0 Å². The van der Waals surface area contributed by atoms with Crippen molar-refractivity contribution < 1.29 is 82.4 Å². The summed E-state index contributed by atoms with van der Waals surface area (Å²) in [6, 6.07) is -5.67. The Labute approximate surface area is 618 Å². The number of imidazole rings is 1. The maximum atomic E-state index is 14.5. The summed E-state index contributed by atoms with van der Waals surface area (Å²) in [6.45, 7) is 12.0. The Balaban J connectivity index is 1.93. The molecule has 3 aromatic rings. The molecule has 39 heteroatoms. The van der Waals surface area contributed by atoms with Crippen molar-refractivity contribution in [3.63, 3.8) is 0 Å². The third kappa shape index (κ3) is 33.8. The number of phenols is 2. The highest BCUT2D eigenvalue weighted by molar-refractivity contribution is 6.00. The predicted molar refractivity (Wildman–Crippen MR) is 390 cm³/mol. The van der Waals surface area contributed by atoms with Crippen LogP contribution in [0.5, 0.6) is 11.5 Å².